The summed E-state index contributed by atoms with van der Waals surface area (Å²) in [6, 6.07) is 0.0159. The minimum atomic E-state index is -0.826. The van der Waals surface area contributed by atoms with E-state index in [1.54, 1.807) is 18.9 Å². The number of ether oxygens (including phenoxy) is 1. The van der Waals surface area contributed by atoms with Gasteiger partial charge in [0.25, 0.3) is 0 Å². The SMILES string of the molecule is COC1CC(NC(=O)N2CCCC(C)(C(=O)O)C2)C1. The third-order valence-corrected chi connectivity index (χ3v) is 4.26. The second-order valence-electron chi connectivity index (χ2n) is 5.87. The fourth-order valence-corrected chi connectivity index (χ4v) is 2.73. The van der Waals surface area contributed by atoms with Gasteiger partial charge in [0.15, 0.2) is 0 Å². The van der Waals surface area contributed by atoms with Crippen molar-refractivity contribution in [2.24, 2.45) is 5.41 Å². The molecule has 0 aromatic rings. The summed E-state index contributed by atoms with van der Waals surface area (Å²) in [6.45, 7) is 2.63. The van der Waals surface area contributed by atoms with Crippen molar-refractivity contribution in [2.45, 2.75) is 44.8 Å². The van der Waals surface area contributed by atoms with Gasteiger partial charge in [-0.3, -0.25) is 4.79 Å². The monoisotopic (exact) mass is 270 g/mol. The molecule has 2 rings (SSSR count). The molecule has 2 N–H and O–H groups in total. The molecule has 2 fully saturated rings. The average Bonchev–Trinajstić information content (AvgIpc) is 2.32. The largest absolute Gasteiger partial charge is 0.481 e. The number of rotatable bonds is 3. The normalized spacial score (nSPS) is 34.5. The van der Waals surface area contributed by atoms with Crippen LogP contribution in [0.2, 0.25) is 0 Å². The Labute approximate surface area is 113 Å². The number of amides is 2. The molecule has 1 heterocycles. The Hall–Kier alpha value is -1.30. The maximum absolute atomic E-state index is 12.1. The van der Waals surface area contributed by atoms with Gasteiger partial charge in [0.05, 0.1) is 11.5 Å². The fraction of sp³-hybridized carbons (Fsp3) is 0.846. The minimum absolute atomic E-state index is 0.147. The lowest BCUT2D eigenvalue weighted by Gasteiger charge is -2.40. The lowest BCUT2D eigenvalue weighted by atomic mass is 9.82. The van der Waals surface area contributed by atoms with E-state index in [2.05, 4.69) is 5.32 Å². The first kappa shape index (κ1) is 14.1. The Morgan fingerprint density at radius 2 is 2.11 bits per heavy atom. The van der Waals surface area contributed by atoms with Gasteiger partial charge in [0, 0.05) is 26.2 Å². The maximum atomic E-state index is 12.1. The van der Waals surface area contributed by atoms with Crippen LogP contribution in [-0.4, -0.2) is 54.4 Å². The van der Waals surface area contributed by atoms with E-state index < -0.39 is 11.4 Å². The highest BCUT2D eigenvalue weighted by molar-refractivity contribution is 5.78. The number of urea groups is 1. The first-order valence-electron chi connectivity index (χ1n) is 6.76. The van der Waals surface area contributed by atoms with E-state index in [0.717, 1.165) is 19.3 Å². The van der Waals surface area contributed by atoms with Crippen molar-refractivity contribution in [1.29, 1.82) is 0 Å². The maximum Gasteiger partial charge on any atom is 0.317 e. The van der Waals surface area contributed by atoms with Crippen LogP contribution in [0.15, 0.2) is 0 Å². The summed E-state index contributed by atoms with van der Waals surface area (Å²) in [7, 11) is 1.67. The van der Waals surface area contributed by atoms with Gasteiger partial charge in [-0.15, -0.1) is 0 Å². The zero-order valence-electron chi connectivity index (χ0n) is 11.5. The van der Waals surface area contributed by atoms with Crippen molar-refractivity contribution in [3.05, 3.63) is 0 Å². The van der Waals surface area contributed by atoms with Crippen LogP contribution in [0.25, 0.3) is 0 Å². The van der Waals surface area contributed by atoms with Crippen LogP contribution in [-0.2, 0) is 9.53 Å². The van der Waals surface area contributed by atoms with E-state index in [9.17, 15) is 14.7 Å². The van der Waals surface area contributed by atoms with Gasteiger partial charge in [-0.05, 0) is 32.6 Å². The molecule has 108 valence electrons. The molecule has 0 aromatic heterocycles. The number of hydrogen-bond donors (Lipinski definition) is 2. The molecular weight excluding hydrogens is 248 g/mol. The second kappa shape index (κ2) is 5.36. The van der Waals surface area contributed by atoms with Crippen molar-refractivity contribution < 1.29 is 19.4 Å². The van der Waals surface area contributed by atoms with Crippen LogP contribution in [0.5, 0.6) is 0 Å². The van der Waals surface area contributed by atoms with Crippen molar-refractivity contribution in [3.8, 4) is 0 Å². The van der Waals surface area contributed by atoms with Gasteiger partial charge in [0.2, 0.25) is 0 Å². The van der Waals surface area contributed by atoms with Crippen molar-refractivity contribution >= 4 is 12.0 Å². The molecule has 19 heavy (non-hydrogen) atoms. The highest BCUT2D eigenvalue weighted by atomic mass is 16.5. The molecule has 2 aliphatic rings. The fourth-order valence-electron chi connectivity index (χ4n) is 2.73. The molecule has 0 bridgehead atoms. The molecule has 0 aromatic carbocycles. The predicted octanol–water partition coefficient (Wildman–Crippen LogP) is 1.06. The number of nitrogens with one attached hydrogen (secondary N) is 1. The van der Waals surface area contributed by atoms with Gasteiger partial charge in [-0.1, -0.05) is 0 Å². The first-order chi connectivity index (χ1) is 8.94. The molecule has 0 spiro atoms. The Morgan fingerprint density at radius 3 is 2.68 bits per heavy atom. The topological polar surface area (TPSA) is 78.9 Å². The number of carbonyl (C=O) groups excluding carboxylic acids is 1. The number of piperidine rings is 1. The van der Waals surface area contributed by atoms with Gasteiger partial charge < -0.3 is 20.1 Å². The Bertz CT molecular complexity index is 368. The summed E-state index contributed by atoms with van der Waals surface area (Å²) < 4.78 is 5.17. The van der Waals surface area contributed by atoms with Crippen LogP contribution in [0.3, 0.4) is 0 Å². The third-order valence-electron chi connectivity index (χ3n) is 4.26. The number of carboxylic acid groups (broad SMARTS) is 1. The number of methoxy groups -OCH3 is 1. The molecule has 0 radical (unpaired) electrons. The molecular formula is C13H22N2O4. The zero-order chi connectivity index (χ0) is 14.0. The molecule has 1 aliphatic carbocycles. The first-order valence-corrected chi connectivity index (χ1v) is 6.76. The van der Waals surface area contributed by atoms with Gasteiger partial charge in [0.1, 0.15) is 0 Å². The number of carbonyl (C=O) groups is 2. The predicted molar refractivity (Wildman–Crippen MR) is 68.9 cm³/mol. The van der Waals surface area contributed by atoms with E-state index >= 15 is 0 Å². The highest BCUT2D eigenvalue weighted by Crippen LogP contribution is 2.30. The minimum Gasteiger partial charge on any atom is -0.481 e. The lowest BCUT2D eigenvalue weighted by molar-refractivity contribution is -0.150. The quantitative estimate of drug-likeness (QED) is 0.803. The van der Waals surface area contributed by atoms with Crippen molar-refractivity contribution in [1.82, 2.24) is 10.2 Å². The van der Waals surface area contributed by atoms with E-state index in [-0.39, 0.29) is 24.7 Å². The molecule has 6 heteroatoms. The van der Waals surface area contributed by atoms with Gasteiger partial charge in [-0.2, -0.15) is 0 Å². The van der Waals surface area contributed by atoms with Gasteiger partial charge >= 0.3 is 12.0 Å². The highest BCUT2D eigenvalue weighted by Gasteiger charge is 2.40. The standard InChI is InChI=1S/C13H22N2O4/c1-13(11(16)17)4-3-5-15(8-13)12(18)14-9-6-10(7-9)19-2/h9-10H,3-8H2,1-2H3,(H,14,18)(H,16,17). The molecule has 1 aliphatic heterocycles. The number of aliphatic carboxylic acids is 1. The van der Waals surface area contributed by atoms with Crippen molar-refractivity contribution in [3.63, 3.8) is 0 Å². The van der Waals surface area contributed by atoms with Crippen molar-refractivity contribution in [2.75, 3.05) is 20.2 Å². The van der Waals surface area contributed by atoms with Crippen LogP contribution in [0, 0.1) is 5.41 Å². The number of carboxylic acids is 1. The number of likely N-dealkylation sites (tertiary alicyclic amines) is 1. The van der Waals surface area contributed by atoms with Crippen LogP contribution >= 0.6 is 0 Å². The summed E-state index contributed by atoms with van der Waals surface area (Å²) in [6.07, 6.45) is 3.29. The molecule has 1 saturated heterocycles. The molecule has 2 amide bonds. The summed E-state index contributed by atoms with van der Waals surface area (Å²) in [5.41, 5.74) is -0.815. The summed E-state index contributed by atoms with van der Waals surface area (Å²) in [4.78, 5) is 25.0. The van der Waals surface area contributed by atoms with E-state index in [4.69, 9.17) is 4.74 Å². The van der Waals surface area contributed by atoms with Crippen LogP contribution < -0.4 is 5.32 Å². The van der Waals surface area contributed by atoms with E-state index in [1.165, 1.54) is 0 Å². The molecule has 6 nitrogen and oxygen atoms in total. The summed E-state index contributed by atoms with van der Waals surface area (Å²) >= 11 is 0. The Kier molecular flexibility index (Phi) is 3.99. The number of nitrogens with zero attached hydrogens (tertiary/aromatic N) is 1. The molecule has 1 saturated carbocycles. The van der Waals surface area contributed by atoms with Crippen LogP contribution in [0.1, 0.15) is 32.6 Å². The summed E-state index contributed by atoms with van der Waals surface area (Å²) in [5, 5.41) is 12.2. The van der Waals surface area contributed by atoms with E-state index in [0.29, 0.717) is 13.0 Å². The molecule has 1 unspecified atom stereocenters. The summed E-state index contributed by atoms with van der Waals surface area (Å²) in [5.74, 6) is -0.826. The van der Waals surface area contributed by atoms with Crippen LogP contribution in [0.4, 0.5) is 4.79 Å². The van der Waals surface area contributed by atoms with E-state index in [1.807, 2.05) is 0 Å². The average molecular weight is 270 g/mol. The Balaban J connectivity index is 1.84. The Morgan fingerprint density at radius 1 is 1.42 bits per heavy atom. The number of hydrogen-bond acceptors (Lipinski definition) is 3. The third kappa shape index (κ3) is 3.00. The smallest absolute Gasteiger partial charge is 0.317 e. The van der Waals surface area contributed by atoms with Gasteiger partial charge in [-0.25, -0.2) is 4.79 Å². The second-order valence-corrected chi connectivity index (χ2v) is 5.87. The molecule has 1 atom stereocenters. The lowest BCUT2D eigenvalue weighted by Crippen LogP contribution is -2.56. The zero-order valence-corrected chi connectivity index (χ0v) is 11.5.